The highest BCUT2D eigenvalue weighted by Gasteiger charge is 2.18. The summed E-state index contributed by atoms with van der Waals surface area (Å²) in [5.74, 6) is -1.03. The van der Waals surface area contributed by atoms with Crippen LogP contribution < -0.4 is 0 Å². The van der Waals surface area contributed by atoms with Gasteiger partial charge in [0, 0.05) is 13.1 Å². The first kappa shape index (κ1) is 16.9. The van der Waals surface area contributed by atoms with E-state index in [1.54, 1.807) is 29.2 Å². The lowest BCUT2D eigenvalue weighted by atomic mass is 10.1. The summed E-state index contributed by atoms with van der Waals surface area (Å²) >= 11 is 1.40. The SMILES string of the molecule is O=C(O)c1cccc(CN(Cc2ccccc2)C(=O)c2cccs2)c1. The maximum Gasteiger partial charge on any atom is 0.335 e. The largest absolute Gasteiger partial charge is 0.478 e. The number of amides is 1. The van der Waals surface area contributed by atoms with Crippen LogP contribution in [0.25, 0.3) is 0 Å². The standard InChI is InChI=1S/C20H17NO3S/c22-19(18-10-5-11-25-18)21(13-15-6-2-1-3-7-15)14-16-8-4-9-17(12-16)20(23)24/h1-12H,13-14H2,(H,23,24). The van der Waals surface area contributed by atoms with Crippen molar-refractivity contribution in [1.29, 1.82) is 0 Å². The second-order valence-corrected chi connectivity index (χ2v) is 6.58. The van der Waals surface area contributed by atoms with Gasteiger partial charge in [0.1, 0.15) is 0 Å². The minimum absolute atomic E-state index is 0.0559. The average molecular weight is 351 g/mol. The Bertz CT molecular complexity index is 860. The van der Waals surface area contributed by atoms with Crippen LogP contribution in [-0.4, -0.2) is 21.9 Å². The van der Waals surface area contributed by atoms with Crippen LogP contribution in [0.2, 0.25) is 0 Å². The summed E-state index contributed by atoms with van der Waals surface area (Å²) in [6.07, 6.45) is 0. The molecule has 3 rings (SSSR count). The molecule has 0 aliphatic heterocycles. The van der Waals surface area contributed by atoms with Crippen molar-refractivity contribution in [1.82, 2.24) is 4.90 Å². The van der Waals surface area contributed by atoms with E-state index in [0.717, 1.165) is 11.1 Å². The van der Waals surface area contributed by atoms with Crippen molar-refractivity contribution in [3.05, 3.63) is 93.7 Å². The van der Waals surface area contributed by atoms with Crippen molar-refractivity contribution >= 4 is 23.2 Å². The van der Waals surface area contributed by atoms with Crippen LogP contribution in [0.5, 0.6) is 0 Å². The Balaban J connectivity index is 1.87. The summed E-state index contributed by atoms with van der Waals surface area (Å²) < 4.78 is 0. The Hall–Kier alpha value is -2.92. The van der Waals surface area contributed by atoms with Gasteiger partial charge in [0.15, 0.2) is 0 Å². The van der Waals surface area contributed by atoms with E-state index in [9.17, 15) is 9.59 Å². The fourth-order valence-electron chi connectivity index (χ4n) is 2.58. The minimum atomic E-state index is -0.971. The predicted octanol–water partition coefficient (Wildman–Crippen LogP) is 4.29. The van der Waals surface area contributed by atoms with Crippen molar-refractivity contribution in [2.75, 3.05) is 0 Å². The van der Waals surface area contributed by atoms with E-state index in [0.29, 0.717) is 18.0 Å². The third-order valence-electron chi connectivity index (χ3n) is 3.78. The maximum atomic E-state index is 12.9. The molecular formula is C20H17NO3S. The van der Waals surface area contributed by atoms with Gasteiger partial charge < -0.3 is 10.0 Å². The lowest BCUT2D eigenvalue weighted by Crippen LogP contribution is -2.29. The van der Waals surface area contributed by atoms with Gasteiger partial charge in [-0.15, -0.1) is 11.3 Å². The third kappa shape index (κ3) is 4.33. The summed E-state index contributed by atoms with van der Waals surface area (Å²) in [6.45, 7) is 0.821. The number of carboxylic acids is 1. The number of hydrogen-bond donors (Lipinski definition) is 1. The van der Waals surface area contributed by atoms with Crippen LogP contribution in [0.1, 0.15) is 31.2 Å². The predicted molar refractivity (Wildman–Crippen MR) is 97.7 cm³/mol. The van der Waals surface area contributed by atoms with E-state index in [1.807, 2.05) is 47.8 Å². The molecule has 126 valence electrons. The lowest BCUT2D eigenvalue weighted by Gasteiger charge is -2.22. The smallest absolute Gasteiger partial charge is 0.335 e. The molecule has 0 saturated carbocycles. The molecule has 3 aromatic rings. The molecule has 0 fully saturated rings. The number of nitrogens with zero attached hydrogens (tertiary/aromatic N) is 1. The molecule has 0 radical (unpaired) electrons. The van der Waals surface area contributed by atoms with E-state index < -0.39 is 5.97 Å². The quantitative estimate of drug-likeness (QED) is 0.721. The molecule has 0 atom stereocenters. The second kappa shape index (κ2) is 7.77. The molecule has 4 nitrogen and oxygen atoms in total. The molecular weight excluding hydrogens is 334 g/mol. The molecule has 1 amide bonds. The van der Waals surface area contributed by atoms with Crippen LogP contribution in [0.4, 0.5) is 0 Å². The lowest BCUT2D eigenvalue weighted by molar-refractivity contribution is 0.0696. The van der Waals surface area contributed by atoms with E-state index in [-0.39, 0.29) is 11.5 Å². The molecule has 1 aromatic heterocycles. The Morgan fingerprint density at radius 2 is 1.60 bits per heavy atom. The number of benzene rings is 2. The number of carbonyl (C=O) groups is 2. The number of carbonyl (C=O) groups excluding carboxylic acids is 1. The van der Waals surface area contributed by atoms with Gasteiger partial charge in [-0.3, -0.25) is 4.79 Å². The van der Waals surface area contributed by atoms with Gasteiger partial charge in [-0.1, -0.05) is 48.5 Å². The van der Waals surface area contributed by atoms with Gasteiger partial charge >= 0.3 is 5.97 Å². The number of hydrogen-bond acceptors (Lipinski definition) is 3. The van der Waals surface area contributed by atoms with E-state index in [4.69, 9.17) is 5.11 Å². The van der Waals surface area contributed by atoms with Crippen LogP contribution in [0.3, 0.4) is 0 Å². The van der Waals surface area contributed by atoms with E-state index in [1.165, 1.54) is 11.3 Å². The first-order chi connectivity index (χ1) is 12.1. The molecule has 0 unspecified atom stereocenters. The first-order valence-electron chi connectivity index (χ1n) is 7.82. The average Bonchev–Trinajstić information content (AvgIpc) is 3.16. The maximum absolute atomic E-state index is 12.9. The van der Waals surface area contributed by atoms with Gasteiger partial charge in [0.05, 0.1) is 10.4 Å². The molecule has 0 saturated heterocycles. The second-order valence-electron chi connectivity index (χ2n) is 5.63. The Kier molecular flexibility index (Phi) is 5.26. The van der Waals surface area contributed by atoms with Gasteiger partial charge in [-0.05, 0) is 34.7 Å². The van der Waals surface area contributed by atoms with Gasteiger partial charge in [0.25, 0.3) is 5.91 Å². The zero-order valence-corrected chi connectivity index (χ0v) is 14.3. The Morgan fingerprint density at radius 3 is 2.28 bits per heavy atom. The molecule has 0 aliphatic rings. The molecule has 2 aromatic carbocycles. The van der Waals surface area contributed by atoms with Crippen molar-refractivity contribution in [2.24, 2.45) is 0 Å². The number of thiophene rings is 1. The van der Waals surface area contributed by atoms with Crippen LogP contribution >= 0.6 is 11.3 Å². The zero-order valence-electron chi connectivity index (χ0n) is 13.5. The van der Waals surface area contributed by atoms with Gasteiger partial charge in [0.2, 0.25) is 0 Å². The molecule has 0 spiro atoms. The normalized spacial score (nSPS) is 10.4. The van der Waals surface area contributed by atoms with Crippen LogP contribution in [0.15, 0.2) is 72.1 Å². The number of aromatic carboxylic acids is 1. The first-order valence-corrected chi connectivity index (χ1v) is 8.70. The van der Waals surface area contributed by atoms with Gasteiger partial charge in [-0.2, -0.15) is 0 Å². The van der Waals surface area contributed by atoms with E-state index >= 15 is 0 Å². The molecule has 5 heteroatoms. The van der Waals surface area contributed by atoms with Crippen molar-refractivity contribution in [2.45, 2.75) is 13.1 Å². The molecule has 1 heterocycles. The summed E-state index contributed by atoms with van der Waals surface area (Å²) in [5, 5.41) is 11.0. The number of rotatable bonds is 6. The highest BCUT2D eigenvalue weighted by Crippen LogP contribution is 2.18. The molecule has 1 N–H and O–H groups in total. The van der Waals surface area contributed by atoms with Crippen molar-refractivity contribution in [3.8, 4) is 0 Å². The Morgan fingerprint density at radius 1 is 0.880 bits per heavy atom. The van der Waals surface area contributed by atoms with E-state index in [2.05, 4.69) is 0 Å². The summed E-state index contributed by atoms with van der Waals surface area (Å²) in [5.41, 5.74) is 2.04. The van der Waals surface area contributed by atoms with Crippen molar-refractivity contribution < 1.29 is 14.7 Å². The van der Waals surface area contributed by atoms with Crippen LogP contribution in [0, 0.1) is 0 Å². The highest BCUT2D eigenvalue weighted by atomic mass is 32.1. The summed E-state index contributed by atoms with van der Waals surface area (Å²) in [7, 11) is 0. The highest BCUT2D eigenvalue weighted by molar-refractivity contribution is 7.12. The molecule has 25 heavy (non-hydrogen) atoms. The van der Waals surface area contributed by atoms with Crippen LogP contribution in [-0.2, 0) is 13.1 Å². The monoisotopic (exact) mass is 351 g/mol. The Labute approximate surface area is 150 Å². The van der Waals surface area contributed by atoms with Crippen molar-refractivity contribution in [3.63, 3.8) is 0 Å². The molecule has 0 bridgehead atoms. The number of carboxylic acid groups (broad SMARTS) is 1. The third-order valence-corrected chi connectivity index (χ3v) is 4.64. The minimum Gasteiger partial charge on any atom is -0.478 e. The topological polar surface area (TPSA) is 57.6 Å². The summed E-state index contributed by atoms with van der Waals surface area (Å²) in [6, 6.07) is 20.1. The summed E-state index contributed by atoms with van der Waals surface area (Å²) in [4.78, 5) is 26.4. The zero-order chi connectivity index (χ0) is 17.6. The fraction of sp³-hybridized carbons (Fsp3) is 0.100. The molecule has 0 aliphatic carbocycles. The van der Waals surface area contributed by atoms with Gasteiger partial charge in [-0.25, -0.2) is 4.79 Å². The fourth-order valence-corrected chi connectivity index (χ4v) is 3.27.